The summed E-state index contributed by atoms with van der Waals surface area (Å²) in [6.07, 6.45) is 1.05. The van der Waals surface area contributed by atoms with E-state index in [4.69, 9.17) is 9.47 Å². The van der Waals surface area contributed by atoms with E-state index in [1.165, 1.54) is 0 Å². The lowest BCUT2D eigenvalue weighted by atomic mass is 10.1. The predicted octanol–water partition coefficient (Wildman–Crippen LogP) is 3.19. The third-order valence-electron chi connectivity index (χ3n) is 4.72. The van der Waals surface area contributed by atoms with Gasteiger partial charge in [0.25, 0.3) is 0 Å². The van der Waals surface area contributed by atoms with Crippen molar-refractivity contribution in [1.29, 1.82) is 0 Å². The molecule has 1 unspecified atom stereocenters. The SMILES string of the molecule is CCCNC(=O)C(C)N(Cc1cccc(OC)c1)C(=O)Cc1ccc(OC)cc1. The second-order valence-corrected chi connectivity index (χ2v) is 6.87. The lowest BCUT2D eigenvalue weighted by Crippen LogP contribution is -2.48. The van der Waals surface area contributed by atoms with Crippen molar-refractivity contribution >= 4 is 11.8 Å². The highest BCUT2D eigenvalue weighted by atomic mass is 16.5. The van der Waals surface area contributed by atoms with Crippen LogP contribution in [0.25, 0.3) is 0 Å². The molecule has 0 aliphatic rings. The Labute approximate surface area is 172 Å². The number of methoxy groups -OCH3 is 2. The summed E-state index contributed by atoms with van der Waals surface area (Å²) < 4.78 is 10.5. The zero-order chi connectivity index (χ0) is 21.2. The summed E-state index contributed by atoms with van der Waals surface area (Å²) in [6, 6.07) is 14.3. The first-order chi connectivity index (χ1) is 14.0. The van der Waals surface area contributed by atoms with Crippen molar-refractivity contribution in [2.75, 3.05) is 20.8 Å². The number of hydrogen-bond acceptors (Lipinski definition) is 4. The third kappa shape index (κ3) is 6.52. The van der Waals surface area contributed by atoms with Gasteiger partial charge in [0.15, 0.2) is 0 Å². The van der Waals surface area contributed by atoms with Gasteiger partial charge in [0.1, 0.15) is 17.5 Å². The lowest BCUT2D eigenvalue weighted by molar-refractivity contribution is -0.140. The van der Waals surface area contributed by atoms with Gasteiger partial charge >= 0.3 is 0 Å². The molecule has 2 amide bonds. The fourth-order valence-electron chi connectivity index (χ4n) is 2.97. The number of nitrogens with one attached hydrogen (secondary N) is 1. The summed E-state index contributed by atoms with van der Waals surface area (Å²) in [7, 11) is 3.21. The Morgan fingerprint density at radius 3 is 2.31 bits per heavy atom. The van der Waals surface area contributed by atoms with Gasteiger partial charge in [-0.15, -0.1) is 0 Å². The highest BCUT2D eigenvalue weighted by molar-refractivity contribution is 5.88. The Bertz CT molecular complexity index is 805. The van der Waals surface area contributed by atoms with Gasteiger partial charge in [-0.2, -0.15) is 0 Å². The van der Waals surface area contributed by atoms with E-state index < -0.39 is 6.04 Å². The van der Waals surface area contributed by atoms with Gasteiger partial charge in [0, 0.05) is 13.1 Å². The van der Waals surface area contributed by atoms with Gasteiger partial charge in [-0.3, -0.25) is 9.59 Å². The van der Waals surface area contributed by atoms with Crippen LogP contribution in [0.2, 0.25) is 0 Å². The molecule has 1 atom stereocenters. The van der Waals surface area contributed by atoms with Gasteiger partial charge in [0.2, 0.25) is 11.8 Å². The maximum Gasteiger partial charge on any atom is 0.242 e. The molecule has 0 aromatic heterocycles. The number of benzene rings is 2. The molecule has 0 heterocycles. The molecule has 2 rings (SSSR count). The molecule has 0 aliphatic carbocycles. The summed E-state index contributed by atoms with van der Waals surface area (Å²) in [5, 5.41) is 2.88. The molecule has 156 valence electrons. The highest BCUT2D eigenvalue weighted by Gasteiger charge is 2.26. The van der Waals surface area contributed by atoms with Crippen LogP contribution in [0, 0.1) is 0 Å². The maximum atomic E-state index is 13.1. The Morgan fingerprint density at radius 1 is 1.00 bits per heavy atom. The van der Waals surface area contributed by atoms with E-state index in [1.807, 2.05) is 55.5 Å². The smallest absolute Gasteiger partial charge is 0.242 e. The molecule has 1 N–H and O–H groups in total. The van der Waals surface area contributed by atoms with Crippen LogP contribution in [0.3, 0.4) is 0 Å². The molecular weight excluding hydrogens is 368 g/mol. The lowest BCUT2D eigenvalue weighted by Gasteiger charge is -2.29. The van der Waals surface area contributed by atoms with E-state index in [-0.39, 0.29) is 18.2 Å². The first-order valence-corrected chi connectivity index (χ1v) is 9.81. The molecule has 0 fully saturated rings. The normalized spacial score (nSPS) is 11.4. The van der Waals surface area contributed by atoms with E-state index in [0.717, 1.165) is 23.3 Å². The van der Waals surface area contributed by atoms with Gasteiger partial charge in [-0.25, -0.2) is 0 Å². The predicted molar refractivity (Wildman–Crippen MR) is 113 cm³/mol. The second-order valence-electron chi connectivity index (χ2n) is 6.87. The van der Waals surface area contributed by atoms with Crippen LogP contribution >= 0.6 is 0 Å². The molecule has 0 saturated carbocycles. The Hall–Kier alpha value is -3.02. The van der Waals surface area contributed by atoms with Crippen molar-refractivity contribution in [3.05, 3.63) is 59.7 Å². The Kier molecular flexibility index (Phi) is 8.52. The van der Waals surface area contributed by atoms with Gasteiger partial charge < -0.3 is 19.7 Å². The molecule has 0 aliphatic heterocycles. The first kappa shape index (κ1) is 22.3. The minimum Gasteiger partial charge on any atom is -0.497 e. The average molecular weight is 399 g/mol. The van der Waals surface area contributed by atoms with Crippen LogP contribution in [-0.2, 0) is 22.6 Å². The average Bonchev–Trinajstić information content (AvgIpc) is 2.75. The van der Waals surface area contributed by atoms with Crippen molar-refractivity contribution < 1.29 is 19.1 Å². The number of carbonyl (C=O) groups excluding carboxylic acids is 2. The molecule has 6 nitrogen and oxygen atoms in total. The first-order valence-electron chi connectivity index (χ1n) is 9.81. The summed E-state index contributed by atoms with van der Waals surface area (Å²) in [4.78, 5) is 27.3. The van der Waals surface area contributed by atoms with Crippen LogP contribution in [0.15, 0.2) is 48.5 Å². The number of amides is 2. The van der Waals surface area contributed by atoms with E-state index in [9.17, 15) is 9.59 Å². The zero-order valence-electron chi connectivity index (χ0n) is 17.6. The van der Waals surface area contributed by atoms with Crippen molar-refractivity contribution in [3.63, 3.8) is 0 Å². The minimum atomic E-state index is -0.585. The molecule has 0 saturated heterocycles. The Balaban J connectivity index is 2.21. The number of ether oxygens (including phenoxy) is 2. The monoisotopic (exact) mass is 398 g/mol. The van der Waals surface area contributed by atoms with Gasteiger partial charge in [-0.1, -0.05) is 31.2 Å². The molecule has 29 heavy (non-hydrogen) atoms. The maximum absolute atomic E-state index is 13.1. The van der Waals surface area contributed by atoms with E-state index in [2.05, 4.69) is 5.32 Å². The van der Waals surface area contributed by atoms with Crippen molar-refractivity contribution in [2.24, 2.45) is 0 Å². The largest absolute Gasteiger partial charge is 0.497 e. The fourth-order valence-corrected chi connectivity index (χ4v) is 2.97. The van der Waals surface area contributed by atoms with Crippen LogP contribution in [-0.4, -0.2) is 43.5 Å². The molecule has 0 radical (unpaired) electrons. The molecule has 6 heteroatoms. The molecule has 2 aromatic rings. The molecule has 0 bridgehead atoms. The quantitative estimate of drug-likeness (QED) is 0.667. The van der Waals surface area contributed by atoms with Gasteiger partial charge in [-0.05, 0) is 48.7 Å². The van der Waals surface area contributed by atoms with Crippen LogP contribution in [0.5, 0.6) is 11.5 Å². The summed E-state index contributed by atoms with van der Waals surface area (Å²) in [6.45, 7) is 4.67. The van der Waals surface area contributed by atoms with Crippen LogP contribution < -0.4 is 14.8 Å². The molecular formula is C23H30N2O4. The number of rotatable bonds is 10. The van der Waals surface area contributed by atoms with E-state index in [1.54, 1.807) is 26.0 Å². The standard InChI is InChI=1S/C23H30N2O4/c1-5-13-24-23(27)17(2)25(16-19-7-6-8-21(14-19)29-4)22(26)15-18-9-11-20(28-3)12-10-18/h6-12,14,17H,5,13,15-16H2,1-4H3,(H,24,27). The molecule has 2 aromatic carbocycles. The van der Waals surface area contributed by atoms with Gasteiger partial charge in [0.05, 0.1) is 20.6 Å². The van der Waals surface area contributed by atoms with Crippen molar-refractivity contribution in [2.45, 2.75) is 39.3 Å². The summed E-state index contributed by atoms with van der Waals surface area (Å²) in [5.41, 5.74) is 1.77. The third-order valence-corrected chi connectivity index (χ3v) is 4.72. The summed E-state index contributed by atoms with van der Waals surface area (Å²) >= 11 is 0. The highest BCUT2D eigenvalue weighted by Crippen LogP contribution is 2.18. The fraction of sp³-hybridized carbons (Fsp3) is 0.391. The zero-order valence-corrected chi connectivity index (χ0v) is 17.6. The Morgan fingerprint density at radius 2 is 1.69 bits per heavy atom. The van der Waals surface area contributed by atoms with Crippen LogP contribution in [0.1, 0.15) is 31.4 Å². The molecule has 0 spiro atoms. The minimum absolute atomic E-state index is 0.114. The number of nitrogens with zero attached hydrogens (tertiary/aromatic N) is 1. The van der Waals surface area contributed by atoms with E-state index in [0.29, 0.717) is 18.8 Å². The summed E-state index contributed by atoms with van der Waals surface area (Å²) in [5.74, 6) is 1.19. The number of hydrogen-bond donors (Lipinski definition) is 1. The number of carbonyl (C=O) groups is 2. The van der Waals surface area contributed by atoms with Crippen LogP contribution in [0.4, 0.5) is 0 Å². The van der Waals surface area contributed by atoms with E-state index >= 15 is 0 Å². The topological polar surface area (TPSA) is 67.9 Å². The van der Waals surface area contributed by atoms with Crippen molar-refractivity contribution in [1.82, 2.24) is 10.2 Å². The van der Waals surface area contributed by atoms with Crippen molar-refractivity contribution in [3.8, 4) is 11.5 Å². The second kappa shape index (κ2) is 11.1.